The van der Waals surface area contributed by atoms with Crippen LogP contribution in [0, 0.1) is 0 Å². The summed E-state index contributed by atoms with van der Waals surface area (Å²) in [7, 11) is 1.45. The van der Waals surface area contributed by atoms with Crippen molar-refractivity contribution in [3.63, 3.8) is 0 Å². The van der Waals surface area contributed by atoms with Gasteiger partial charge in [-0.15, -0.1) is 0 Å². The van der Waals surface area contributed by atoms with E-state index in [1.807, 2.05) is 30.3 Å². The molecule has 0 amide bonds. The lowest BCUT2D eigenvalue weighted by molar-refractivity contribution is 0.112. The van der Waals surface area contributed by atoms with Crippen molar-refractivity contribution in [2.75, 3.05) is 7.11 Å². The Morgan fingerprint density at radius 2 is 2.00 bits per heavy atom. The molecule has 1 aromatic heterocycles. The van der Waals surface area contributed by atoms with Crippen LogP contribution in [0.3, 0.4) is 0 Å². The largest absolute Gasteiger partial charge is 0.504 e. The topological polar surface area (TPSA) is 59.4 Å². The van der Waals surface area contributed by atoms with E-state index in [2.05, 4.69) is 4.98 Å². The van der Waals surface area contributed by atoms with Crippen molar-refractivity contribution in [1.29, 1.82) is 0 Å². The van der Waals surface area contributed by atoms with E-state index >= 15 is 0 Å². The van der Waals surface area contributed by atoms with E-state index in [0.29, 0.717) is 6.29 Å². The number of pyridine rings is 1. The molecule has 1 N–H and O–H groups in total. The maximum Gasteiger partial charge on any atom is 0.168 e. The Morgan fingerprint density at radius 1 is 1.19 bits per heavy atom. The smallest absolute Gasteiger partial charge is 0.168 e. The van der Waals surface area contributed by atoms with Crippen LogP contribution < -0.4 is 4.74 Å². The lowest BCUT2D eigenvalue weighted by Gasteiger charge is -2.11. The highest BCUT2D eigenvalue weighted by Gasteiger charge is 2.13. The minimum Gasteiger partial charge on any atom is -0.504 e. The molecule has 3 rings (SSSR count). The Kier molecular flexibility index (Phi) is 3.28. The molecule has 104 valence electrons. The van der Waals surface area contributed by atoms with E-state index in [1.165, 1.54) is 7.11 Å². The molecule has 0 radical (unpaired) electrons. The van der Waals surface area contributed by atoms with Crippen LogP contribution >= 0.6 is 0 Å². The maximum absolute atomic E-state index is 11.1. The minimum atomic E-state index is -0.149. The summed E-state index contributed by atoms with van der Waals surface area (Å²) in [5.74, 6) is 0.118. The number of carbonyl (C=O) groups excluding carboxylic acids is 1. The zero-order valence-corrected chi connectivity index (χ0v) is 11.4. The summed E-state index contributed by atoms with van der Waals surface area (Å²) in [4.78, 5) is 15.5. The van der Waals surface area contributed by atoms with E-state index < -0.39 is 0 Å². The number of aldehydes is 1. The van der Waals surface area contributed by atoms with E-state index in [0.717, 1.165) is 22.0 Å². The van der Waals surface area contributed by atoms with Gasteiger partial charge in [-0.2, -0.15) is 0 Å². The van der Waals surface area contributed by atoms with Crippen LogP contribution in [0.25, 0.3) is 22.0 Å². The second-order valence-electron chi connectivity index (χ2n) is 4.61. The Balaban J connectivity index is 2.30. The number of phenolic OH excluding ortho intramolecular Hbond substituents is 1. The normalized spacial score (nSPS) is 10.5. The average Bonchev–Trinajstić information content (AvgIpc) is 2.54. The molecule has 4 nitrogen and oxygen atoms in total. The van der Waals surface area contributed by atoms with Crippen LogP contribution in [0.5, 0.6) is 11.5 Å². The Labute approximate surface area is 121 Å². The monoisotopic (exact) mass is 279 g/mol. The number of nitrogens with zero attached hydrogens (tertiary/aromatic N) is 1. The van der Waals surface area contributed by atoms with Crippen LogP contribution in [0.1, 0.15) is 10.4 Å². The lowest BCUT2D eigenvalue weighted by atomic mass is 9.99. The van der Waals surface area contributed by atoms with Crippen LogP contribution in [0.4, 0.5) is 0 Å². The van der Waals surface area contributed by atoms with Gasteiger partial charge in [-0.25, -0.2) is 0 Å². The van der Waals surface area contributed by atoms with E-state index in [4.69, 9.17) is 4.74 Å². The number of rotatable bonds is 3. The molecule has 4 heteroatoms. The van der Waals surface area contributed by atoms with E-state index in [1.54, 1.807) is 18.3 Å². The van der Waals surface area contributed by atoms with Gasteiger partial charge in [0.1, 0.15) is 0 Å². The summed E-state index contributed by atoms with van der Waals surface area (Å²) in [5.41, 5.74) is 2.69. The van der Waals surface area contributed by atoms with E-state index in [9.17, 15) is 9.90 Å². The van der Waals surface area contributed by atoms with Crippen molar-refractivity contribution in [1.82, 2.24) is 4.98 Å². The van der Waals surface area contributed by atoms with Crippen molar-refractivity contribution in [2.45, 2.75) is 0 Å². The predicted molar refractivity (Wildman–Crippen MR) is 80.8 cm³/mol. The summed E-state index contributed by atoms with van der Waals surface area (Å²) < 4.78 is 5.13. The minimum absolute atomic E-state index is 0.149. The fourth-order valence-electron chi connectivity index (χ4n) is 2.37. The molecule has 0 fully saturated rings. The molecule has 0 aliphatic carbocycles. The van der Waals surface area contributed by atoms with Gasteiger partial charge in [0.05, 0.1) is 18.2 Å². The molecule has 0 bridgehead atoms. The first kappa shape index (κ1) is 13.1. The SMILES string of the molecule is COc1cc(-c2cccc3cccnc23)cc(C=O)c1O. The Bertz CT molecular complexity index is 822. The number of phenols is 1. The molecule has 0 saturated carbocycles. The summed E-state index contributed by atoms with van der Waals surface area (Å²) >= 11 is 0. The second-order valence-corrected chi connectivity index (χ2v) is 4.61. The Hall–Kier alpha value is -2.88. The van der Waals surface area contributed by atoms with Gasteiger partial charge in [0.25, 0.3) is 0 Å². The van der Waals surface area contributed by atoms with Gasteiger partial charge in [0.15, 0.2) is 17.8 Å². The molecule has 0 spiro atoms. The zero-order valence-electron chi connectivity index (χ0n) is 11.4. The van der Waals surface area contributed by atoms with Crippen molar-refractivity contribution >= 4 is 17.2 Å². The number of aromatic hydroxyl groups is 1. The molecule has 2 aromatic carbocycles. The molecular weight excluding hydrogens is 266 g/mol. The Morgan fingerprint density at radius 3 is 2.76 bits per heavy atom. The maximum atomic E-state index is 11.1. The van der Waals surface area contributed by atoms with Crippen molar-refractivity contribution in [2.24, 2.45) is 0 Å². The summed E-state index contributed by atoms with van der Waals surface area (Å²) in [6, 6.07) is 13.0. The van der Waals surface area contributed by atoms with Gasteiger partial charge >= 0.3 is 0 Å². The van der Waals surface area contributed by atoms with Gasteiger partial charge in [0.2, 0.25) is 0 Å². The molecule has 1 heterocycles. The number of methoxy groups -OCH3 is 1. The van der Waals surface area contributed by atoms with Crippen molar-refractivity contribution < 1.29 is 14.6 Å². The number of aromatic nitrogens is 1. The average molecular weight is 279 g/mol. The number of para-hydroxylation sites is 1. The first-order valence-electron chi connectivity index (χ1n) is 6.45. The molecule has 0 aliphatic rings. The number of ether oxygens (including phenoxy) is 1. The van der Waals surface area contributed by atoms with Gasteiger partial charge in [-0.3, -0.25) is 9.78 Å². The summed E-state index contributed by atoms with van der Waals surface area (Å²) in [6.07, 6.45) is 2.34. The quantitative estimate of drug-likeness (QED) is 0.746. The number of hydrogen-bond donors (Lipinski definition) is 1. The first-order valence-corrected chi connectivity index (χ1v) is 6.45. The number of fused-ring (bicyclic) bond motifs is 1. The zero-order chi connectivity index (χ0) is 14.8. The van der Waals surface area contributed by atoms with Gasteiger partial charge in [0, 0.05) is 17.1 Å². The fraction of sp³-hybridized carbons (Fsp3) is 0.0588. The number of benzene rings is 2. The molecule has 21 heavy (non-hydrogen) atoms. The van der Waals surface area contributed by atoms with E-state index in [-0.39, 0.29) is 17.1 Å². The number of hydrogen-bond acceptors (Lipinski definition) is 4. The van der Waals surface area contributed by atoms with Crippen LogP contribution in [0.15, 0.2) is 48.7 Å². The molecule has 3 aromatic rings. The molecule has 0 aliphatic heterocycles. The third kappa shape index (κ3) is 2.21. The number of carbonyl (C=O) groups is 1. The lowest BCUT2D eigenvalue weighted by Crippen LogP contribution is -1.92. The third-order valence-electron chi connectivity index (χ3n) is 3.40. The summed E-state index contributed by atoms with van der Waals surface area (Å²) in [6.45, 7) is 0. The van der Waals surface area contributed by atoms with Crippen LogP contribution in [0.2, 0.25) is 0 Å². The second kappa shape index (κ2) is 5.25. The summed E-state index contributed by atoms with van der Waals surface area (Å²) in [5, 5.41) is 10.9. The van der Waals surface area contributed by atoms with Crippen LogP contribution in [-0.2, 0) is 0 Å². The fourth-order valence-corrected chi connectivity index (χ4v) is 2.37. The molecule has 0 unspecified atom stereocenters. The highest BCUT2D eigenvalue weighted by molar-refractivity contribution is 5.95. The van der Waals surface area contributed by atoms with Crippen LogP contribution in [-0.4, -0.2) is 23.5 Å². The molecular formula is C17H13NO3. The van der Waals surface area contributed by atoms with Gasteiger partial charge < -0.3 is 9.84 Å². The third-order valence-corrected chi connectivity index (χ3v) is 3.40. The van der Waals surface area contributed by atoms with Gasteiger partial charge in [-0.1, -0.05) is 24.3 Å². The molecule has 0 saturated heterocycles. The standard InChI is InChI=1S/C17H13NO3/c1-21-15-9-12(8-13(10-19)17(15)20)14-6-2-4-11-5-3-7-18-16(11)14/h2-10,20H,1H3. The van der Waals surface area contributed by atoms with Crippen molar-refractivity contribution in [3.8, 4) is 22.6 Å². The predicted octanol–water partition coefficient (Wildman–Crippen LogP) is 3.43. The highest BCUT2D eigenvalue weighted by Crippen LogP contribution is 2.36. The van der Waals surface area contributed by atoms with Crippen molar-refractivity contribution in [3.05, 3.63) is 54.2 Å². The van der Waals surface area contributed by atoms with Gasteiger partial charge in [-0.05, 0) is 23.8 Å². The first-order chi connectivity index (χ1) is 10.2. The molecule has 0 atom stereocenters. The highest BCUT2D eigenvalue weighted by atomic mass is 16.5.